The zero-order valence-electron chi connectivity index (χ0n) is 14.0. The molecule has 0 saturated heterocycles. The molecule has 2 heterocycles. The van der Waals surface area contributed by atoms with Crippen LogP contribution in [0.1, 0.15) is 17.7 Å². The van der Waals surface area contributed by atoms with E-state index in [1.54, 1.807) is 11.3 Å². The summed E-state index contributed by atoms with van der Waals surface area (Å²) >= 11 is 1.55. The summed E-state index contributed by atoms with van der Waals surface area (Å²) in [6.07, 6.45) is 0.914. The lowest BCUT2D eigenvalue weighted by Gasteiger charge is -2.04. The van der Waals surface area contributed by atoms with Gasteiger partial charge in [0, 0.05) is 17.4 Å². The van der Waals surface area contributed by atoms with E-state index < -0.39 is 0 Å². The maximum Gasteiger partial charge on any atom is 0.306 e. The zero-order chi connectivity index (χ0) is 17.8. The van der Waals surface area contributed by atoms with Gasteiger partial charge in [0.1, 0.15) is 11.6 Å². The number of fused-ring (bicyclic) bond motifs is 1. The summed E-state index contributed by atoms with van der Waals surface area (Å²) in [6.45, 7) is 0.447. The fourth-order valence-electron chi connectivity index (χ4n) is 2.66. The minimum absolute atomic E-state index is 0.198. The molecule has 0 fully saturated rings. The Balaban J connectivity index is 1.27. The van der Waals surface area contributed by atoms with Crippen LogP contribution in [-0.2, 0) is 22.6 Å². The molecule has 0 unspecified atom stereocenters. The molecule has 0 bridgehead atoms. The van der Waals surface area contributed by atoms with Gasteiger partial charge in [-0.3, -0.25) is 4.79 Å². The first-order valence-electron chi connectivity index (χ1n) is 8.32. The first kappa shape index (κ1) is 16.6. The molecule has 2 aromatic carbocycles. The standard InChI is InChI=1S/C20H17NO4S/c22-19(9-7-14-6-8-17-18(10-14)25-13-24-17)23-11-16-12-26-20(21-16)15-4-2-1-3-5-15/h1-6,8,10,12H,7,9,11,13H2. The SMILES string of the molecule is O=C(CCc1ccc2c(c1)OCO2)OCc1csc(-c2ccccc2)n1. The molecular formula is C20H17NO4S. The van der Waals surface area contributed by atoms with E-state index in [2.05, 4.69) is 4.98 Å². The molecular weight excluding hydrogens is 350 g/mol. The minimum atomic E-state index is -0.239. The maximum atomic E-state index is 12.0. The van der Waals surface area contributed by atoms with Crippen LogP contribution in [0, 0.1) is 0 Å². The van der Waals surface area contributed by atoms with Gasteiger partial charge < -0.3 is 14.2 Å². The number of hydrogen-bond acceptors (Lipinski definition) is 6. The highest BCUT2D eigenvalue weighted by molar-refractivity contribution is 7.13. The second-order valence-electron chi connectivity index (χ2n) is 5.86. The summed E-state index contributed by atoms with van der Waals surface area (Å²) in [5.41, 5.74) is 2.86. The van der Waals surface area contributed by atoms with Gasteiger partial charge in [0.25, 0.3) is 0 Å². The number of esters is 1. The molecule has 5 nitrogen and oxygen atoms in total. The van der Waals surface area contributed by atoms with E-state index in [4.69, 9.17) is 14.2 Å². The Bertz CT molecular complexity index is 907. The number of nitrogens with zero attached hydrogens (tertiary/aromatic N) is 1. The van der Waals surface area contributed by atoms with Gasteiger partial charge in [0.2, 0.25) is 6.79 Å². The highest BCUT2D eigenvalue weighted by Crippen LogP contribution is 2.32. The van der Waals surface area contributed by atoms with E-state index in [1.165, 1.54) is 0 Å². The largest absolute Gasteiger partial charge is 0.459 e. The van der Waals surface area contributed by atoms with Gasteiger partial charge in [-0.05, 0) is 24.1 Å². The predicted octanol–water partition coefficient (Wildman–Crippen LogP) is 4.21. The van der Waals surface area contributed by atoms with Crippen molar-refractivity contribution in [1.82, 2.24) is 4.98 Å². The molecule has 132 valence electrons. The topological polar surface area (TPSA) is 57.7 Å². The molecule has 26 heavy (non-hydrogen) atoms. The van der Waals surface area contributed by atoms with Crippen LogP contribution in [0.5, 0.6) is 11.5 Å². The van der Waals surface area contributed by atoms with Crippen molar-refractivity contribution in [3.63, 3.8) is 0 Å². The quantitative estimate of drug-likeness (QED) is 0.611. The fraction of sp³-hybridized carbons (Fsp3) is 0.200. The lowest BCUT2D eigenvalue weighted by atomic mass is 10.1. The normalized spacial score (nSPS) is 12.2. The maximum absolute atomic E-state index is 12.0. The number of benzene rings is 2. The van der Waals surface area contributed by atoms with Gasteiger partial charge in [0.15, 0.2) is 11.5 Å². The van der Waals surface area contributed by atoms with Gasteiger partial charge in [-0.1, -0.05) is 36.4 Å². The number of thiazole rings is 1. The van der Waals surface area contributed by atoms with Crippen LogP contribution >= 0.6 is 11.3 Å². The van der Waals surface area contributed by atoms with Crippen LogP contribution < -0.4 is 9.47 Å². The molecule has 1 aromatic heterocycles. The van der Waals surface area contributed by atoms with Crippen LogP contribution in [0.15, 0.2) is 53.9 Å². The first-order chi connectivity index (χ1) is 12.8. The average molecular weight is 367 g/mol. The average Bonchev–Trinajstić information content (AvgIpc) is 3.34. The molecule has 0 spiro atoms. The highest BCUT2D eigenvalue weighted by Gasteiger charge is 2.14. The lowest BCUT2D eigenvalue weighted by molar-refractivity contribution is -0.145. The Morgan fingerprint density at radius 3 is 2.85 bits per heavy atom. The molecule has 0 saturated carbocycles. The van der Waals surface area contributed by atoms with Crippen LogP contribution in [-0.4, -0.2) is 17.7 Å². The zero-order valence-corrected chi connectivity index (χ0v) is 14.8. The Morgan fingerprint density at radius 2 is 1.96 bits per heavy atom. The Hall–Kier alpha value is -2.86. The van der Waals surface area contributed by atoms with Crippen LogP contribution in [0.25, 0.3) is 10.6 Å². The van der Waals surface area contributed by atoms with Crippen molar-refractivity contribution in [2.45, 2.75) is 19.4 Å². The lowest BCUT2D eigenvalue weighted by Crippen LogP contribution is -2.06. The predicted molar refractivity (Wildman–Crippen MR) is 98.2 cm³/mol. The van der Waals surface area contributed by atoms with E-state index in [1.807, 2.05) is 53.9 Å². The second kappa shape index (κ2) is 7.58. The van der Waals surface area contributed by atoms with E-state index in [0.29, 0.717) is 12.8 Å². The molecule has 1 aliphatic heterocycles. The van der Waals surface area contributed by atoms with Gasteiger partial charge in [-0.25, -0.2) is 4.98 Å². The van der Waals surface area contributed by atoms with Gasteiger partial charge in [-0.2, -0.15) is 0 Å². The first-order valence-corrected chi connectivity index (χ1v) is 9.20. The number of carbonyl (C=O) groups is 1. The Labute approximate surface area is 155 Å². The van der Waals surface area contributed by atoms with Gasteiger partial charge in [-0.15, -0.1) is 11.3 Å². The van der Waals surface area contributed by atoms with E-state index in [0.717, 1.165) is 33.3 Å². The summed E-state index contributed by atoms with van der Waals surface area (Å²) in [7, 11) is 0. The third-order valence-electron chi connectivity index (χ3n) is 4.01. The van der Waals surface area contributed by atoms with Crippen molar-refractivity contribution in [2.75, 3.05) is 6.79 Å². The third-order valence-corrected chi connectivity index (χ3v) is 4.95. The third kappa shape index (κ3) is 3.86. The Morgan fingerprint density at radius 1 is 1.12 bits per heavy atom. The van der Waals surface area contributed by atoms with Crippen molar-refractivity contribution in [3.8, 4) is 22.1 Å². The molecule has 0 N–H and O–H groups in total. The van der Waals surface area contributed by atoms with Crippen molar-refractivity contribution in [3.05, 3.63) is 65.2 Å². The molecule has 0 amide bonds. The second-order valence-corrected chi connectivity index (χ2v) is 6.72. The van der Waals surface area contributed by atoms with Crippen LogP contribution in [0.3, 0.4) is 0 Å². The number of aromatic nitrogens is 1. The van der Waals surface area contributed by atoms with E-state index in [9.17, 15) is 4.79 Å². The van der Waals surface area contributed by atoms with Crippen molar-refractivity contribution >= 4 is 17.3 Å². The van der Waals surface area contributed by atoms with Crippen molar-refractivity contribution in [2.24, 2.45) is 0 Å². The number of hydrogen-bond donors (Lipinski definition) is 0. The molecule has 0 radical (unpaired) electrons. The number of rotatable bonds is 6. The number of aryl methyl sites for hydroxylation is 1. The fourth-order valence-corrected chi connectivity index (χ4v) is 3.47. The molecule has 1 aliphatic rings. The number of carbonyl (C=O) groups excluding carboxylic acids is 1. The van der Waals surface area contributed by atoms with Crippen molar-refractivity contribution < 1.29 is 19.0 Å². The molecule has 0 aliphatic carbocycles. The molecule has 3 aromatic rings. The van der Waals surface area contributed by atoms with Crippen LogP contribution in [0.2, 0.25) is 0 Å². The highest BCUT2D eigenvalue weighted by atomic mass is 32.1. The summed E-state index contributed by atoms with van der Waals surface area (Å²) in [4.78, 5) is 16.5. The van der Waals surface area contributed by atoms with E-state index >= 15 is 0 Å². The number of ether oxygens (including phenoxy) is 3. The minimum Gasteiger partial charge on any atom is -0.459 e. The molecule has 0 atom stereocenters. The molecule has 6 heteroatoms. The summed E-state index contributed by atoms with van der Waals surface area (Å²) < 4.78 is 16.0. The summed E-state index contributed by atoms with van der Waals surface area (Å²) in [6, 6.07) is 15.7. The monoisotopic (exact) mass is 367 g/mol. The summed E-state index contributed by atoms with van der Waals surface area (Å²) in [5, 5.41) is 2.85. The molecule has 4 rings (SSSR count). The van der Waals surface area contributed by atoms with Crippen molar-refractivity contribution in [1.29, 1.82) is 0 Å². The van der Waals surface area contributed by atoms with Crippen LogP contribution in [0.4, 0.5) is 0 Å². The summed E-state index contributed by atoms with van der Waals surface area (Å²) in [5.74, 6) is 1.23. The van der Waals surface area contributed by atoms with E-state index in [-0.39, 0.29) is 19.4 Å². The smallest absolute Gasteiger partial charge is 0.306 e. The van der Waals surface area contributed by atoms with Gasteiger partial charge >= 0.3 is 5.97 Å². The Kier molecular flexibility index (Phi) is 4.84. The van der Waals surface area contributed by atoms with Gasteiger partial charge in [0.05, 0.1) is 5.69 Å².